The van der Waals surface area contributed by atoms with Crippen molar-refractivity contribution in [2.45, 2.75) is 17.9 Å². The molecule has 5 nitrogen and oxygen atoms in total. The van der Waals surface area contributed by atoms with E-state index in [9.17, 15) is 17.6 Å². The molecule has 1 atom stereocenters. The first-order chi connectivity index (χ1) is 9.77. The summed E-state index contributed by atoms with van der Waals surface area (Å²) >= 11 is 5.80. The molecule has 0 aliphatic heterocycles. The Kier molecular flexibility index (Phi) is 6.57. The highest BCUT2D eigenvalue weighted by Gasteiger charge is 2.28. The van der Waals surface area contributed by atoms with E-state index >= 15 is 0 Å². The molecule has 0 saturated heterocycles. The van der Waals surface area contributed by atoms with Gasteiger partial charge in [-0.3, -0.25) is 4.79 Å². The minimum atomic E-state index is -3.74. The molecular weight excluding hydrogens is 321 g/mol. The SMILES string of the molecule is COCCNC(=O)[C@@H](C)S(=O)(=O)Cc1ccc(F)cc1Cl. The number of sulfone groups is 1. The highest BCUT2D eigenvalue weighted by Crippen LogP contribution is 2.21. The number of amides is 1. The van der Waals surface area contributed by atoms with Crippen LogP contribution in [0.4, 0.5) is 4.39 Å². The van der Waals surface area contributed by atoms with Crippen molar-refractivity contribution in [3.8, 4) is 0 Å². The molecule has 8 heteroatoms. The van der Waals surface area contributed by atoms with Gasteiger partial charge < -0.3 is 10.1 Å². The van der Waals surface area contributed by atoms with Gasteiger partial charge >= 0.3 is 0 Å². The van der Waals surface area contributed by atoms with Gasteiger partial charge in [0.1, 0.15) is 11.1 Å². The maximum absolute atomic E-state index is 12.9. The van der Waals surface area contributed by atoms with E-state index in [2.05, 4.69) is 5.32 Å². The van der Waals surface area contributed by atoms with E-state index < -0.39 is 32.6 Å². The van der Waals surface area contributed by atoms with Crippen molar-refractivity contribution in [1.82, 2.24) is 5.32 Å². The Labute approximate surface area is 128 Å². The Bertz CT molecular complexity index is 606. The molecule has 0 radical (unpaired) electrons. The highest BCUT2D eigenvalue weighted by molar-refractivity contribution is 7.92. The second kappa shape index (κ2) is 7.72. The van der Waals surface area contributed by atoms with Gasteiger partial charge in [0.15, 0.2) is 9.84 Å². The minimum Gasteiger partial charge on any atom is -0.383 e. The molecule has 1 aromatic carbocycles. The van der Waals surface area contributed by atoms with Gasteiger partial charge in [-0.05, 0) is 24.6 Å². The maximum atomic E-state index is 12.9. The molecule has 0 heterocycles. The summed E-state index contributed by atoms with van der Waals surface area (Å²) in [5, 5.41) is 1.26. The summed E-state index contributed by atoms with van der Waals surface area (Å²) in [4.78, 5) is 11.8. The minimum absolute atomic E-state index is 0.0190. The quantitative estimate of drug-likeness (QED) is 0.766. The van der Waals surface area contributed by atoms with Crippen LogP contribution < -0.4 is 5.32 Å². The van der Waals surface area contributed by atoms with Gasteiger partial charge in [-0.15, -0.1) is 0 Å². The molecular formula is C13H17ClFNO4S. The largest absolute Gasteiger partial charge is 0.383 e. The molecule has 0 aromatic heterocycles. The average Bonchev–Trinajstić information content (AvgIpc) is 2.41. The average molecular weight is 338 g/mol. The van der Waals surface area contributed by atoms with Crippen LogP contribution in [0.2, 0.25) is 5.02 Å². The molecule has 0 unspecified atom stereocenters. The van der Waals surface area contributed by atoms with E-state index in [0.29, 0.717) is 6.61 Å². The number of hydrogen-bond donors (Lipinski definition) is 1. The third kappa shape index (κ3) is 5.26. The summed E-state index contributed by atoms with van der Waals surface area (Å²) in [6.07, 6.45) is 0. The Hall–Kier alpha value is -1.18. The van der Waals surface area contributed by atoms with Gasteiger partial charge in [-0.1, -0.05) is 17.7 Å². The third-order valence-electron chi connectivity index (χ3n) is 2.89. The van der Waals surface area contributed by atoms with Crippen molar-refractivity contribution in [2.75, 3.05) is 20.3 Å². The summed E-state index contributed by atoms with van der Waals surface area (Å²) < 4.78 is 42.0. The summed E-state index contributed by atoms with van der Waals surface area (Å²) in [7, 11) is -2.27. The van der Waals surface area contributed by atoms with Gasteiger partial charge in [0.25, 0.3) is 0 Å². The second-order valence-corrected chi connectivity index (χ2v) is 7.20. The molecule has 1 aromatic rings. The second-order valence-electron chi connectivity index (χ2n) is 4.47. The van der Waals surface area contributed by atoms with E-state index in [4.69, 9.17) is 16.3 Å². The predicted octanol–water partition coefficient (Wildman–Crippen LogP) is 1.54. The van der Waals surface area contributed by atoms with E-state index in [0.717, 1.165) is 12.1 Å². The molecule has 118 valence electrons. The van der Waals surface area contributed by atoms with Crippen LogP contribution in [-0.4, -0.2) is 39.8 Å². The fourth-order valence-corrected chi connectivity index (χ4v) is 3.22. The van der Waals surface area contributed by atoms with Gasteiger partial charge in [0.05, 0.1) is 12.4 Å². The maximum Gasteiger partial charge on any atom is 0.238 e. The third-order valence-corrected chi connectivity index (χ3v) is 5.24. The Morgan fingerprint density at radius 3 is 2.71 bits per heavy atom. The first-order valence-electron chi connectivity index (χ1n) is 6.20. The lowest BCUT2D eigenvalue weighted by atomic mass is 10.2. The number of carbonyl (C=O) groups is 1. The van der Waals surface area contributed by atoms with Crippen molar-refractivity contribution in [2.24, 2.45) is 0 Å². The summed E-state index contributed by atoms with van der Waals surface area (Å²) in [6.45, 7) is 1.82. The van der Waals surface area contributed by atoms with Gasteiger partial charge in [0, 0.05) is 18.7 Å². The van der Waals surface area contributed by atoms with Crippen molar-refractivity contribution in [3.05, 3.63) is 34.6 Å². The van der Waals surface area contributed by atoms with Gasteiger partial charge in [-0.25, -0.2) is 12.8 Å². The highest BCUT2D eigenvalue weighted by atomic mass is 35.5. The fraction of sp³-hybridized carbons (Fsp3) is 0.462. The van der Waals surface area contributed by atoms with Crippen LogP contribution in [0.1, 0.15) is 12.5 Å². The molecule has 0 aliphatic rings. The Balaban J connectivity index is 2.78. The molecule has 1 amide bonds. The number of carbonyl (C=O) groups excluding carboxylic acids is 1. The van der Waals surface area contributed by atoms with Crippen LogP contribution in [0.5, 0.6) is 0 Å². The fourth-order valence-electron chi connectivity index (χ4n) is 1.56. The molecule has 0 fully saturated rings. The van der Waals surface area contributed by atoms with Crippen LogP contribution in [0, 0.1) is 5.82 Å². The summed E-state index contributed by atoms with van der Waals surface area (Å²) in [6, 6.07) is 3.46. The number of halogens is 2. The number of hydrogen-bond acceptors (Lipinski definition) is 4. The summed E-state index contributed by atoms with van der Waals surface area (Å²) in [5.74, 6) is -1.58. The van der Waals surface area contributed by atoms with E-state index in [-0.39, 0.29) is 17.1 Å². The van der Waals surface area contributed by atoms with Crippen molar-refractivity contribution < 1.29 is 22.3 Å². The van der Waals surface area contributed by atoms with E-state index in [1.165, 1.54) is 20.1 Å². The molecule has 21 heavy (non-hydrogen) atoms. The Morgan fingerprint density at radius 2 is 2.14 bits per heavy atom. The van der Waals surface area contributed by atoms with Crippen LogP contribution in [0.3, 0.4) is 0 Å². The number of ether oxygens (including phenoxy) is 1. The molecule has 0 saturated carbocycles. The van der Waals surface area contributed by atoms with Crippen molar-refractivity contribution in [3.63, 3.8) is 0 Å². The van der Waals surface area contributed by atoms with Crippen LogP contribution in [0.15, 0.2) is 18.2 Å². The number of benzene rings is 1. The predicted molar refractivity (Wildman–Crippen MR) is 78.4 cm³/mol. The first kappa shape index (κ1) is 17.9. The monoisotopic (exact) mass is 337 g/mol. The van der Waals surface area contributed by atoms with Crippen LogP contribution in [0.25, 0.3) is 0 Å². The first-order valence-corrected chi connectivity index (χ1v) is 8.29. The zero-order valence-corrected chi connectivity index (χ0v) is 13.3. The molecule has 0 bridgehead atoms. The Morgan fingerprint density at radius 1 is 1.48 bits per heavy atom. The molecule has 0 spiro atoms. The van der Waals surface area contributed by atoms with E-state index in [1.807, 2.05) is 0 Å². The topological polar surface area (TPSA) is 72.5 Å². The number of methoxy groups -OCH3 is 1. The van der Waals surface area contributed by atoms with Crippen molar-refractivity contribution in [1.29, 1.82) is 0 Å². The van der Waals surface area contributed by atoms with Crippen LogP contribution in [-0.2, 0) is 25.1 Å². The normalized spacial score (nSPS) is 13.0. The van der Waals surface area contributed by atoms with Gasteiger partial charge in [0.2, 0.25) is 5.91 Å². The lowest BCUT2D eigenvalue weighted by Gasteiger charge is -2.14. The number of rotatable bonds is 7. The lowest BCUT2D eigenvalue weighted by molar-refractivity contribution is -0.120. The van der Waals surface area contributed by atoms with Gasteiger partial charge in [-0.2, -0.15) is 0 Å². The van der Waals surface area contributed by atoms with Crippen molar-refractivity contribution >= 4 is 27.3 Å². The van der Waals surface area contributed by atoms with Crippen LogP contribution >= 0.6 is 11.6 Å². The number of nitrogens with one attached hydrogen (secondary N) is 1. The smallest absolute Gasteiger partial charge is 0.238 e. The zero-order valence-electron chi connectivity index (χ0n) is 11.7. The molecule has 0 aliphatic carbocycles. The van der Waals surface area contributed by atoms with E-state index in [1.54, 1.807) is 0 Å². The zero-order chi connectivity index (χ0) is 16.0. The summed E-state index contributed by atoms with van der Waals surface area (Å²) in [5.41, 5.74) is 0.259. The molecule has 1 rings (SSSR count). The standard InChI is InChI=1S/C13H17ClFNO4S/c1-9(13(17)16-5-6-20-2)21(18,19)8-10-3-4-11(15)7-12(10)14/h3-4,7,9H,5-6,8H2,1-2H3,(H,16,17)/t9-/m1/s1. The molecule has 1 N–H and O–H groups in total. The lowest BCUT2D eigenvalue weighted by Crippen LogP contribution is -2.39.